The first-order valence-electron chi connectivity index (χ1n) is 5.21. The number of carbonyl (C=O) groups is 1. The van der Waals surface area contributed by atoms with Crippen molar-refractivity contribution >= 4 is 12.0 Å². The van der Waals surface area contributed by atoms with Gasteiger partial charge in [-0.25, -0.2) is 0 Å². The van der Waals surface area contributed by atoms with Crippen LogP contribution in [0.3, 0.4) is 0 Å². The molecular weight excluding hydrogens is 202 g/mol. The molecule has 1 amide bonds. The maximum Gasteiger partial charge on any atom is 0.244 e. The minimum atomic E-state index is -0.154. The summed E-state index contributed by atoms with van der Waals surface area (Å²) in [6.07, 6.45) is 11.2. The first-order chi connectivity index (χ1) is 7.76. The van der Waals surface area contributed by atoms with Crippen LogP contribution in [0, 0.1) is 12.3 Å². The Balaban J connectivity index is 2.44. The minimum Gasteiger partial charge on any atom is -0.465 e. The summed E-state index contributed by atoms with van der Waals surface area (Å²) in [6.45, 7) is 1.98. The Bertz CT molecular complexity index is 385. The lowest BCUT2D eigenvalue weighted by atomic mass is 10.1. The fraction of sp³-hybridized carbons (Fsp3) is 0.308. The molecule has 0 aliphatic carbocycles. The standard InChI is InChI=1S/C13H15NO2/c1-3-6-11(4-2)14-13(15)9-8-12-7-5-10-16-12/h1,5,7-11H,4,6H2,2H3,(H,14,15)/b9-8+. The van der Waals surface area contributed by atoms with E-state index in [1.54, 1.807) is 24.5 Å². The Hall–Kier alpha value is -1.95. The summed E-state index contributed by atoms with van der Waals surface area (Å²) in [7, 11) is 0. The molecule has 1 aromatic heterocycles. The minimum absolute atomic E-state index is 0.0405. The van der Waals surface area contributed by atoms with Crippen molar-refractivity contribution in [1.82, 2.24) is 5.32 Å². The molecule has 0 saturated heterocycles. The smallest absolute Gasteiger partial charge is 0.244 e. The number of hydrogen-bond donors (Lipinski definition) is 1. The van der Waals surface area contributed by atoms with Crippen molar-refractivity contribution in [2.24, 2.45) is 0 Å². The molecule has 0 fully saturated rings. The van der Waals surface area contributed by atoms with Gasteiger partial charge in [0.05, 0.1) is 6.26 Å². The van der Waals surface area contributed by atoms with Crippen LogP contribution in [-0.2, 0) is 4.79 Å². The van der Waals surface area contributed by atoms with Crippen LogP contribution in [-0.4, -0.2) is 11.9 Å². The first kappa shape index (κ1) is 12.1. The molecule has 3 nitrogen and oxygen atoms in total. The predicted molar refractivity (Wildman–Crippen MR) is 63.4 cm³/mol. The van der Waals surface area contributed by atoms with Gasteiger partial charge in [-0.1, -0.05) is 6.92 Å². The van der Waals surface area contributed by atoms with Crippen LogP contribution in [0.15, 0.2) is 28.9 Å². The van der Waals surface area contributed by atoms with Gasteiger partial charge in [-0.15, -0.1) is 12.3 Å². The maximum absolute atomic E-state index is 11.5. The van der Waals surface area contributed by atoms with Crippen molar-refractivity contribution in [3.8, 4) is 12.3 Å². The molecule has 1 heterocycles. The van der Waals surface area contributed by atoms with Gasteiger partial charge < -0.3 is 9.73 Å². The van der Waals surface area contributed by atoms with E-state index >= 15 is 0 Å². The average Bonchev–Trinajstić information content (AvgIpc) is 2.78. The van der Waals surface area contributed by atoms with Crippen LogP contribution in [0.25, 0.3) is 6.08 Å². The van der Waals surface area contributed by atoms with Gasteiger partial charge in [-0.2, -0.15) is 0 Å². The first-order valence-corrected chi connectivity index (χ1v) is 5.21. The van der Waals surface area contributed by atoms with Gasteiger partial charge in [0.2, 0.25) is 5.91 Å². The van der Waals surface area contributed by atoms with Crippen molar-refractivity contribution in [2.75, 3.05) is 0 Å². The highest BCUT2D eigenvalue weighted by Crippen LogP contribution is 2.02. The number of nitrogens with one attached hydrogen (secondary N) is 1. The maximum atomic E-state index is 11.5. The topological polar surface area (TPSA) is 42.2 Å². The zero-order valence-corrected chi connectivity index (χ0v) is 9.27. The molecule has 0 spiro atoms. The molecule has 16 heavy (non-hydrogen) atoms. The lowest BCUT2D eigenvalue weighted by molar-refractivity contribution is -0.117. The van der Waals surface area contributed by atoms with Crippen molar-refractivity contribution < 1.29 is 9.21 Å². The molecule has 0 saturated carbocycles. The zero-order valence-electron chi connectivity index (χ0n) is 9.27. The summed E-state index contributed by atoms with van der Waals surface area (Å²) in [5, 5.41) is 2.82. The van der Waals surface area contributed by atoms with Crippen LogP contribution in [0.5, 0.6) is 0 Å². The van der Waals surface area contributed by atoms with Gasteiger partial charge in [0.1, 0.15) is 5.76 Å². The van der Waals surface area contributed by atoms with E-state index in [1.807, 2.05) is 6.92 Å². The third-order valence-electron chi connectivity index (χ3n) is 2.15. The Morgan fingerprint density at radius 1 is 1.75 bits per heavy atom. The van der Waals surface area contributed by atoms with Crippen LogP contribution in [0.1, 0.15) is 25.5 Å². The molecule has 0 aliphatic heterocycles. The average molecular weight is 217 g/mol. The summed E-state index contributed by atoms with van der Waals surface area (Å²) < 4.78 is 5.06. The number of hydrogen-bond acceptors (Lipinski definition) is 2. The quantitative estimate of drug-likeness (QED) is 0.607. The monoisotopic (exact) mass is 217 g/mol. The zero-order chi connectivity index (χ0) is 11.8. The number of carbonyl (C=O) groups excluding carboxylic acids is 1. The fourth-order valence-corrected chi connectivity index (χ4v) is 1.23. The van der Waals surface area contributed by atoms with Crippen LogP contribution < -0.4 is 5.32 Å². The molecule has 1 rings (SSSR count). The molecule has 84 valence electrons. The van der Waals surface area contributed by atoms with Crippen molar-refractivity contribution in [1.29, 1.82) is 0 Å². The van der Waals surface area contributed by atoms with Crippen molar-refractivity contribution in [3.05, 3.63) is 30.2 Å². The Morgan fingerprint density at radius 2 is 2.56 bits per heavy atom. The molecular formula is C13H15NO2. The summed E-state index contributed by atoms with van der Waals surface area (Å²) in [6, 6.07) is 3.59. The van der Waals surface area contributed by atoms with E-state index in [2.05, 4.69) is 11.2 Å². The predicted octanol–water partition coefficient (Wildman–Crippen LogP) is 2.21. The van der Waals surface area contributed by atoms with Gasteiger partial charge in [0, 0.05) is 18.5 Å². The molecule has 1 unspecified atom stereocenters. The largest absolute Gasteiger partial charge is 0.465 e. The lowest BCUT2D eigenvalue weighted by Crippen LogP contribution is -2.32. The van der Waals surface area contributed by atoms with Crippen molar-refractivity contribution in [2.45, 2.75) is 25.8 Å². The normalized spacial score (nSPS) is 12.2. The Morgan fingerprint density at radius 3 is 3.12 bits per heavy atom. The van der Waals surface area contributed by atoms with Gasteiger partial charge in [0.25, 0.3) is 0 Å². The van der Waals surface area contributed by atoms with E-state index in [0.29, 0.717) is 12.2 Å². The molecule has 0 aromatic carbocycles. The highest BCUT2D eigenvalue weighted by atomic mass is 16.3. The molecule has 0 radical (unpaired) electrons. The highest BCUT2D eigenvalue weighted by molar-refractivity contribution is 5.91. The molecule has 1 N–H and O–H groups in total. The van der Waals surface area contributed by atoms with Crippen LogP contribution >= 0.6 is 0 Å². The second-order valence-corrected chi connectivity index (χ2v) is 3.37. The molecule has 1 aromatic rings. The van der Waals surface area contributed by atoms with Crippen molar-refractivity contribution in [3.63, 3.8) is 0 Å². The second kappa shape index (κ2) is 6.52. The van der Waals surface area contributed by atoms with Crippen LogP contribution in [0.2, 0.25) is 0 Å². The van der Waals surface area contributed by atoms with E-state index < -0.39 is 0 Å². The van der Waals surface area contributed by atoms with Crippen LogP contribution in [0.4, 0.5) is 0 Å². The fourth-order valence-electron chi connectivity index (χ4n) is 1.23. The summed E-state index contributed by atoms with van der Waals surface area (Å²) in [5.74, 6) is 3.04. The van der Waals surface area contributed by atoms with E-state index in [4.69, 9.17) is 10.8 Å². The SMILES string of the molecule is C#CCC(CC)NC(=O)/C=C/c1ccco1. The summed E-state index contributed by atoms with van der Waals surface area (Å²) in [5.41, 5.74) is 0. The van der Waals surface area contributed by atoms with Gasteiger partial charge in [-0.05, 0) is 24.6 Å². The van der Waals surface area contributed by atoms with Gasteiger partial charge >= 0.3 is 0 Å². The summed E-state index contributed by atoms with van der Waals surface area (Å²) >= 11 is 0. The van der Waals surface area contributed by atoms with E-state index in [9.17, 15) is 4.79 Å². The summed E-state index contributed by atoms with van der Waals surface area (Å²) in [4.78, 5) is 11.5. The third kappa shape index (κ3) is 4.05. The third-order valence-corrected chi connectivity index (χ3v) is 2.15. The number of terminal acetylenes is 1. The van der Waals surface area contributed by atoms with Gasteiger partial charge in [0.15, 0.2) is 0 Å². The molecule has 0 aliphatic rings. The molecule has 3 heteroatoms. The Kier molecular flexibility index (Phi) is 4.94. The van der Waals surface area contributed by atoms with E-state index in [0.717, 1.165) is 6.42 Å². The lowest BCUT2D eigenvalue weighted by Gasteiger charge is -2.11. The number of amides is 1. The second-order valence-electron chi connectivity index (χ2n) is 3.37. The number of rotatable bonds is 5. The highest BCUT2D eigenvalue weighted by Gasteiger charge is 2.06. The van der Waals surface area contributed by atoms with E-state index in [1.165, 1.54) is 6.08 Å². The molecule has 0 bridgehead atoms. The Labute approximate surface area is 95.5 Å². The number of furan rings is 1. The molecule has 1 atom stereocenters. The van der Waals surface area contributed by atoms with Gasteiger partial charge in [-0.3, -0.25) is 4.79 Å². The van der Waals surface area contributed by atoms with E-state index in [-0.39, 0.29) is 11.9 Å².